The van der Waals surface area contributed by atoms with E-state index in [9.17, 15) is 5.11 Å². The van der Waals surface area contributed by atoms with Crippen LogP contribution in [0.15, 0.2) is 11.8 Å². The van der Waals surface area contributed by atoms with E-state index in [1.807, 2.05) is 0 Å². The molecule has 0 heterocycles. The van der Waals surface area contributed by atoms with Crippen molar-refractivity contribution in [3.8, 4) is 0 Å². The summed E-state index contributed by atoms with van der Waals surface area (Å²) in [4.78, 5) is 0. The van der Waals surface area contributed by atoms with Crippen molar-refractivity contribution in [2.45, 2.75) is 112 Å². The molecular formula is C28H48O. The van der Waals surface area contributed by atoms with Crippen molar-refractivity contribution < 1.29 is 5.11 Å². The van der Waals surface area contributed by atoms with Gasteiger partial charge in [0.1, 0.15) is 0 Å². The molecule has 0 aromatic rings. The Morgan fingerprint density at radius 1 is 0.966 bits per heavy atom. The van der Waals surface area contributed by atoms with Crippen molar-refractivity contribution >= 4 is 0 Å². The molecule has 166 valence electrons. The van der Waals surface area contributed by atoms with Gasteiger partial charge in [-0.1, -0.05) is 47.0 Å². The summed E-state index contributed by atoms with van der Waals surface area (Å²) in [5.41, 5.74) is 2.39. The number of rotatable bonds is 5. The van der Waals surface area contributed by atoms with Crippen molar-refractivity contribution in [2.24, 2.45) is 52.3 Å². The number of fused-ring (bicyclic) bond motifs is 5. The lowest BCUT2D eigenvalue weighted by atomic mass is 9.43. The molecule has 0 saturated heterocycles. The molecule has 29 heavy (non-hydrogen) atoms. The van der Waals surface area contributed by atoms with Crippen molar-refractivity contribution in [2.75, 3.05) is 0 Å². The molecular weight excluding hydrogens is 352 g/mol. The van der Waals surface area contributed by atoms with E-state index < -0.39 is 0 Å². The van der Waals surface area contributed by atoms with Crippen LogP contribution in [-0.4, -0.2) is 5.11 Å². The van der Waals surface area contributed by atoms with E-state index in [4.69, 9.17) is 0 Å². The lowest BCUT2D eigenvalue weighted by molar-refractivity contribution is -0.127. The van der Waals surface area contributed by atoms with Gasteiger partial charge in [-0.05, 0) is 123 Å². The third-order valence-corrected chi connectivity index (χ3v) is 11.2. The second-order valence-corrected chi connectivity index (χ2v) is 12.5. The fraction of sp³-hybridized carbons (Fsp3) is 0.929. The maximum Gasteiger partial charge on any atom is 0.0780 e. The topological polar surface area (TPSA) is 20.2 Å². The minimum absolute atomic E-state index is 0.603. The first kappa shape index (κ1) is 21.8. The average molecular weight is 401 g/mol. The molecule has 9 atom stereocenters. The van der Waals surface area contributed by atoms with Gasteiger partial charge < -0.3 is 5.11 Å². The van der Waals surface area contributed by atoms with Gasteiger partial charge in [-0.25, -0.2) is 0 Å². The summed E-state index contributed by atoms with van der Waals surface area (Å²) >= 11 is 0. The van der Waals surface area contributed by atoms with Gasteiger partial charge in [0, 0.05) is 0 Å². The SMILES string of the molecule is CC(=CO)CCC[C@@H](C)[C@H]1CC[C@H]2[C@@H]3CCC4C(C)CCC[C@]4(C)[C@H]3CC[C@]12C. The molecule has 2 unspecified atom stereocenters. The average Bonchev–Trinajstić information content (AvgIpc) is 3.05. The summed E-state index contributed by atoms with van der Waals surface area (Å²) in [6.07, 6.45) is 18.5. The minimum atomic E-state index is 0.603. The Hall–Kier alpha value is -0.460. The monoisotopic (exact) mass is 400 g/mol. The fourth-order valence-electron chi connectivity index (χ4n) is 9.74. The van der Waals surface area contributed by atoms with Crippen LogP contribution in [0.2, 0.25) is 0 Å². The molecule has 0 amide bonds. The highest BCUT2D eigenvalue weighted by Crippen LogP contribution is 2.68. The molecule has 1 N–H and O–H groups in total. The third-order valence-electron chi connectivity index (χ3n) is 11.2. The molecule has 4 saturated carbocycles. The van der Waals surface area contributed by atoms with Crippen LogP contribution in [-0.2, 0) is 0 Å². The molecule has 0 aromatic carbocycles. The second kappa shape index (κ2) is 8.23. The van der Waals surface area contributed by atoms with Crippen LogP contribution in [0.25, 0.3) is 0 Å². The van der Waals surface area contributed by atoms with Gasteiger partial charge in [0.25, 0.3) is 0 Å². The van der Waals surface area contributed by atoms with Crippen molar-refractivity contribution in [3.05, 3.63) is 11.8 Å². The van der Waals surface area contributed by atoms with Crippen LogP contribution in [0.3, 0.4) is 0 Å². The van der Waals surface area contributed by atoms with E-state index >= 15 is 0 Å². The van der Waals surface area contributed by atoms with Crippen LogP contribution < -0.4 is 0 Å². The smallest absolute Gasteiger partial charge is 0.0780 e. The Kier molecular flexibility index (Phi) is 6.18. The maximum absolute atomic E-state index is 9.17. The van der Waals surface area contributed by atoms with E-state index in [0.29, 0.717) is 10.8 Å². The van der Waals surface area contributed by atoms with Crippen molar-refractivity contribution in [1.29, 1.82) is 0 Å². The minimum Gasteiger partial charge on any atom is -0.516 e. The van der Waals surface area contributed by atoms with Crippen molar-refractivity contribution in [1.82, 2.24) is 0 Å². The van der Waals surface area contributed by atoms with Crippen LogP contribution in [0.5, 0.6) is 0 Å². The van der Waals surface area contributed by atoms with E-state index in [0.717, 1.165) is 53.4 Å². The van der Waals surface area contributed by atoms with Gasteiger partial charge in [0.2, 0.25) is 0 Å². The zero-order valence-corrected chi connectivity index (χ0v) is 20.1. The predicted octanol–water partition coefficient (Wildman–Crippen LogP) is 8.55. The molecule has 0 radical (unpaired) electrons. The standard InChI is InChI=1S/C28H48O/c1-19(18-29)8-6-9-20(2)24-13-14-25-22-11-12-23-21(3)10-7-16-27(23,4)26(22)15-17-28(24,25)5/h18,20-26,29H,6-17H2,1-5H3/t20-,21?,22+,23?,24-,25+,26+,27+,28-/m1/s1. The van der Waals surface area contributed by atoms with Gasteiger partial charge >= 0.3 is 0 Å². The summed E-state index contributed by atoms with van der Waals surface area (Å²) in [7, 11) is 0. The quantitative estimate of drug-likeness (QED) is 0.458. The summed E-state index contributed by atoms with van der Waals surface area (Å²) in [5, 5.41) is 9.17. The number of aliphatic hydroxyl groups is 1. The van der Waals surface area contributed by atoms with E-state index in [1.54, 1.807) is 0 Å². The number of aliphatic hydroxyl groups excluding tert-OH is 1. The Balaban J connectivity index is 1.46. The molecule has 4 aliphatic rings. The molecule has 4 aliphatic carbocycles. The lowest BCUT2D eigenvalue weighted by Crippen LogP contribution is -2.54. The Morgan fingerprint density at radius 3 is 2.45 bits per heavy atom. The highest BCUT2D eigenvalue weighted by molar-refractivity contribution is 5.10. The molecule has 1 nitrogen and oxygen atoms in total. The Labute approximate surface area is 181 Å². The molecule has 0 aliphatic heterocycles. The zero-order valence-electron chi connectivity index (χ0n) is 20.1. The number of hydrogen-bond donors (Lipinski definition) is 1. The molecule has 4 rings (SSSR count). The highest BCUT2D eigenvalue weighted by Gasteiger charge is 2.60. The van der Waals surface area contributed by atoms with Crippen LogP contribution in [0.1, 0.15) is 112 Å². The lowest BCUT2D eigenvalue weighted by Gasteiger charge is -2.62. The summed E-state index contributed by atoms with van der Waals surface area (Å²) in [6.45, 7) is 12.6. The van der Waals surface area contributed by atoms with Crippen LogP contribution in [0.4, 0.5) is 0 Å². The Bertz CT molecular complexity index is 607. The van der Waals surface area contributed by atoms with Crippen LogP contribution >= 0.6 is 0 Å². The first-order valence-electron chi connectivity index (χ1n) is 13.1. The summed E-state index contributed by atoms with van der Waals surface area (Å²) in [6, 6.07) is 0. The molecule has 1 heteroatoms. The first-order valence-corrected chi connectivity index (χ1v) is 13.1. The third kappa shape index (κ3) is 3.61. The highest BCUT2D eigenvalue weighted by atomic mass is 16.2. The number of allylic oxidation sites excluding steroid dienone is 1. The molecule has 4 fully saturated rings. The Morgan fingerprint density at radius 2 is 1.69 bits per heavy atom. The summed E-state index contributed by atoms with van der Waals surface area (Å²) in [5.74, 6) is 6.81. The van der Waals surface area contributed by atoms with Gasteiger partial charge in [-0.15, -0.1) is 0 Å². The van der Waals surface area contributed by atoms with Gasteiger partial charge in [-0.2, -0.15) is 0 Å². The fourth-order valence-corrected chi connectivity index (χ4v) is 9.74. The zero-order chi connectivity index (χ0) is 20.8. The van der Waals surface area contributed by atoms with E-state index in [2.05, 4.69) is 34.6 Å². The normalized spacial score (nSPS) is 48.5. The van der Waals surface area contributed by atoms with E-state index in [-0.39, 0.29) is 0 Å². The second-order valence-electron chi connectivity index (χ2n) is 12.5. The van der Waals surface area contributed by atoms with E-state index in [1.165, 1.54) is 76.9 Å². The van der Waals surface area contributed by atoms with Gasteiger partial charge in [0.15, 0.2) is 0 Å². The van der Waals surface area contributed by atoms with Crippen molar-refractivity contribution in [3.63, 3.8) is 0 Å². The maximum atomic E-state index is 9.17. The van der Waals surface area contributed by atoms with Gasteiger partial charge in [0.05, 0.1) is 6.26 Å². The van der Waals surface area contributed by atoms with Crippen LogP contribution in [0, 0.1) is 52.3 Å². The molecule has 0 aromatic heterocycles. The number of hydrogen-bond acceptors (Lipinski definition) is 1. The molecule has 0 spiro atoms. The largest absolute Gasteiger partial charge is 0.516 e. The predicted molar refractivity (Wildman–Crippen MR) is 124 cm³/mol. The molecule has 0 bridgehead atoms. The summed E-state index contributed by atoms with van der Waals surface area (Å²) < 4.78 is 0. The first-order chi connectivity index (χ1) is 13.8. The van der Waals surface area contributed by atoms with Gasteiger partial charge in [-0.3, -0.25) is 0 Å².